The highest BCUT2D eigenvalue weighted by Gasteiger charge is 2.49. The fourth-order valence-corrected chi connectivity index (χ4v) is 3.60. The first-order valence-electron chi connectivity index (χ1n) is 7.34. The van der Waals surface area contributed by atoms with E-state index in [9.17, 15) is 14.7 Å². The van der Waals surface area contributed by atoms with Crippen LogP contribution in [0.4, 0.5) is 4.79 Å². The third kappa shape index (κ3) is 2.70. The lowest BCUT2D eigenvalue weighted by atomic mass is 9.94. The maximum atomic E-state index is 12.3. The number of nitrogens with one attached hydrogen (secondary N) is 1. The Balaban J connectivity index is 1.65. The van der Waals surface area contributed by atoms with Crippen LogP contribution in [0.5, 0.6) is 0 Å². The monoisotopic (exact) mass is 289 g/mol. The molecular formula is C15H19N3O3. The van der Waals surface area contributed by atoms with Gasteiger partial charge in [0, 0.05) is 12.7 Å². The van der Waals surface area contributed by atoms with E-state index in [0.29, 0.717) is 19.0 Å². The molecule has 2 fully saturated rings. The second-order valence-corrected chi connectivity index (χ2v) is 5.77. The Hall–Kier alpha value is -2.11. The van der Waals surface area contributed by atoms with Crippen molar-refractivity contribution in [2.24, 2.45) is 11.8 Å². The van der Waals surface area contributed by atoms with Crippen molar-refractivity contribution in [1.82, 2.24) is 15.2 Å². The second kappa shape index (κ2) is 5.71. The topological polar surface area (TPSA) is 82.5 Å². The molecule has 0 bridgehead atoms. The highest BCUT2D eigenvalue weighted by Crippen LogP contribution is 2.42. The number of carboxylic acids is 1. The highest BCUT2D eigenvalue weighted by molar-refractivity contribution is 5.83. The number of carbonyl (C=O) groups is 2. The van der Waals surface area contributed by atoms with Crippen LogP contribution >= 0.6 is 0 Å². The van der Waals surface area contributed by atoms with E-state index >= 15 is 0 Å². The molecule has 0 radical (unpaired) electrons. The molecule has 6 nitrogen and oxygen atoms in total. The van der Waals surface area contributed by atoms with Crippen LogP contribution in [0.15, 0.2) is 24.4 Å². The van der Waals surface area contributed by atoms with Crippen LogP contribution < -0.4 is 5.32 Å². The standard InChI is InChI=1S/C15H19N3O3/c19-14(20)13-12-6-3-4-10(12)9-18(13)15(21)17-8-11-5-1-2-7-16-11/h1-2,5,7,10,12-13H,3-4,6,8-9H2,(H,17,21)(H,19,20). The van der Waals surface area contributed by atoms with Gasteiger partial charge in [0.15, 0.2) is 0 Å². The molecule has 1 aromatic rings. The number of amides is 2. The smallest absolute Gasteiger partial charge is 0.326 e. The molecule has 112 valence electrons. The summed E-state index contributed by atoms with van der Waals surface area (Å²) >= 11 is 0. The van der Waals surface area contributed by atoms with Crippen molar-refractivity contribution >= 4 is 12.0 Å². The van der Waals surface area contributed by atoms with E-state index in [2.05, 4.69) is 10.3 Å². The molecule has 2 N–H and O–H groups in total. The zero-order valence-electron chi connectivity index (χ0n) is 11.7. The molecule has 1 aliphatic carbocycles. The molecule has 3 rings (SSSR count). The number of hydrogen-bond acceptors (Lipinski definition) is 3. The van der Waals surface area contributed by atoms with E-state index in [-0.39, 0.29) is 11.9 Å². The minimum Gasteiger partial charge on any atom is -0.480 e. The van der Waals surface area contributed by atoms with Crippen molar-refractivity contribution in [3.63, 3.8) is 0 Å². The number of rotatable bonds is 3. The number of hydrogen-bond donors (Lipinski definition) is 2. The number of nitrogens with zero attached hydrogens (tertiary/aromatic N) is 2. The Morgan fingerprint density at radius 1 is 1.38 bits per heavy atom. The molecule has 3 unspecified atom stereocenters. The summed E-state index contributed by atoms with van der Waals surface area (Å²) in [6, 6.07) is 4.51. The zero-order valence-corrected chi connectivity index (χ0v) is 11.7. The van der Waals surface area contributed by atoms with Gasteiger partial charge in [-0.15, -0.1) is 0 Å². The Bertz CT molecular complexity index is 534. The van der Waals surface area contributed by atoms with Crippen LogP contribution in [0, 0.1) is 11.8 Å². The van der Waals surface area contributed by atoms with Crippen molar-refractivity contribution in [3.8, 4) is 0 Å². The first kappa shape index (κ1) is 13.9. The van der Waals surface area contributed by atoms with E-state index in [0.717, 1.165) is 25.0 Å². The number of urea groups is 1. The van der Waals surface area contributed by atoms with Gasteiger partial charge in [-0.05, 0) is 36.8 Å². The molecule has 2 heterocycles. The molecule has 21 heavy (non-hydrogen) atoms. The first-order chi connectivity index (χ1) is 10.2. The summed E-state index contributed by atoms with van der Waals surface area (Å²) in [5.74, 6) is -0.438. The molecule has 3 atom stereocenters. The predicted octanol–water partition coefficient (Wildman–Crippen LogP) is 1.48. The lowest BCUT2D eigenvalue weighted by Gasteiger charge is -2.24. The zero-order chi connectivity index (χ0) is 14.8. The van der Waals surface area contributed by atoms with Crippen molar-refractivity contribution in [1.29, 1.82) is 0 Å². The fraction of sp³-hybridized carbons (Fsp3) is 0.533. The maximum Gasteiger partial charge on any atom is 0.326 e. The molecule has 1 saturated heterocycles. The van der Waals surface area contributed by atoms with E-state index in [4.69, 9.17) is 0 Å². The van der Waals surface area contributed by atoms with Crippen molar-refractivity contribution < 1.29 is 14.7 Å². The normalized spacial score (nSPS) is 27.4. The third-order valence-electron chi connectivity index (χ3n) is 4.55. The number of aliphatic carboxylic acids is 1. The fourth-order valence-electron chi connectivity index (χ4n) is 3.60. The van der Waals surface area contributed by atoms with Gasteiger partial charge in [0.2, 0.25) is 0 Å². The maximum absolute atomic E-state index is 12.3. The van der Waals surface area contributed by atoms with E-state index < -0.39 is 12.0 Å². The van der Waals surface area contributed by atoms with Crippen molar-refractivity contribution in [2.75, 3.05) is 6.54 Å². The molecule has 1 aromatic heterocycles. The summed E-state index contributed by atoms with van der Waals surface area (Å²) in [6.45, 7) is 0.869. The van der Waals surface area contributed by atoms with Gasteiger partial charge in [-0.2, -0.15) is 0 Å². The van der Waals surface area contributed by atoms with Crippen LogP contribution in [0.1, 0.15) is 25.0 Å². The van der Waals surface area contributed by atoms with Gasteiger partial charge in [0.1, 0.15) is 6.04 Å². The van der Waals surface area contributed by atoms with Gasteiger partial charge >= 0.3 is 12.0 Å². The Morgan fingerprint density at radius 3 is 2.95 bits per heavy atom. The summed E-state index contributed by atoms with van der Waals surface area (Å²) in [7, 11) is 0. The molecule has 0 aromatic carbocycles. The van der Waals surface area contributed by atoms with E-state index in [1.165, 1.54) is 4.90 Å². The second-order valence-electron chi connectivity index (χ2n) is 5.77. The van der Waals surface area contributed by atoms with Crippen LogP contribution in [0.25, 0.3) is 0 Å². The highest BCUT2D eigenvalue weighted by atomic mass is 16.4. The predicted molar refractivity (Wildman–Crippen MR) is 75.4 cm³/mol. The average molecular weight is 289 g/mol. The molecule has 0 spiro atoms. The average Bonchev–Trinajstić information content (AvgIpc) is 3.05. The third-order valence-corrected chi connectivity index (χ3v) is 4.55. The molecular weight excluding hydrogens is 270 g/mol. The van der Waals surface area contributed by atoms with E-state index in [1.54, 1.807) is 6.20 Å². The Kier molecular flexibility index (Phi) is 3.77. The van der Waals surface area contributed by atoms with Crippen molar-refractivity contribution in [2.45, 2.75) is 31.8 Å². The number of likely N-dealkylation sites (tertiary alicyclic amines) is 1. The Labute approximate surface area is 123 Å². The summed E-state index contributed by atoms with van der Waals surface area (Å²) in [5.41, 5.74) is 0.761. The first-order valence-corrected chi connectivity index (χ1v) is 7.34. The summed E-state index contributed by atoms with van der Waals surface area (Å²) in [6.07, 6.45) is 4.68. The lowest BCUT2D eigenvalue weighted by Crippen LogP contribution is -2.47. The summed E-state index contributed by atoms with van der Waals surface area (Å²) < 4.78 is 0. The molecule has 1 aliphatic heterocycles. The number of fused-ring (bicyclic) bond motifs is 1. The molecule has 6 heteroatoms. The van der Waals surface area contributed by atoms with Gasteiger partial charge in [-0.3, -0.25) is 4.98 Å². The minimum atomic E-state index is -0.891. The van der Waals surface area contributed by atoms with Gasteiger partial charge in [0.25, 0.3) is 0 Å². The molecule has 2 aliphatic rings. The van der Waals surface area contributed by atoms with Crippen LogP contribution in [0.3, 0.4) is 0 Å². The van der Waals surface area contributed by atoms with Crippen LogP contribution in [-0.4, -0.2) is 39.6 Å². The quantitative estimate of drug-likeness (QED) is 0.883. The van der Waals surface area contributed by atoms with Gasteiger partial charge in [0.05, 0.1) is 12.2 Å². The van der Waals surface area contributed by atoms with Gasteiger partial charge in [-0.1, -0.05) is 12.5 Å². The summed E-state index contributed by atoms with van der Waals surface area (Å²) in [4.78, 5) is 29.4. The molecule has 1 saturated carbocycles. The Morgan fingerprint density at radius 2 is 2.24 bits per heavy atom. The SMILES string of the molecule is O=C(O)C1C2CCCC2CN1C(=O)NCc1ccccn1. The van der Waals surface area contributed by atoms with E-state index in [1.807, 2.05) is 18.2 Å². The molecule has 2 amide bonds. The largest absolute Gasteiger partial charge is 0.480 e. The minimum absolute atomic E-state index is 0.114. The number of carboxylic acid groups (broad SMARTS) is 1. The van der Waals surface area contributed by atoms with Crippen molar-refractivity contribution in [3.05, 3.63) is 30.1 Å². The van der Waals surface area contributed by atoms with Crippen LogP contribution in [0.2, 0.25) is 0 Å². The number of aromatic nitrogens is 1. The van der Waals surface area contributed by atoms with Crippen LogP contribution in [-0.2, 0) is 11.3 Å². The number of pyridine rings is 1. The van der Waals surface area contributed by atoms with Gasteiger partial charge in [-0.25, -0.2) is 9.59 Å². The summed E-state index contributed by atoms with van der Waals surface area (Å²) in [5, 5.41) is 12.2. The lowest BCUT2D eigenvalue weighted by molar-refractivity contribution is -0.142. The van der Waals surface area contributed by atoms with Gasteiger partial charge < -0.3 is 15.3 Å². The number of carbonyl (C=O) groups excluding carboxylic acids is 1.